The van der Waals surface area contributed by atoms with E-state index in [-0.39, 0.29) is 21.7 Å². The molecule has 0 aliphatic carbocycles. The normalized spacial score (nSPS) is 15.6. The molecule has 1 aliphatic heterocycles. The number of piperidine rings is 1. The predicted octanol–water partition coefficient (Wildman–Crippen LogP) is 3.86. The fourth-order valence-electron chi connectivity index (χ4n) is 4.11. The summed E-state index contributed by atoms with van der Waals surface area (Å²) in [5, 5.41) is 0. The van der Waals surface area contributed by atoms with Crippen molar-refractivity contribution in [2.45, 2.75) is 62.3 Å². The molecule has 0 unspecified atom stereocenters. The second kappa shape index (κ2) is 11.0. The standard InChI is InChI=1S/C26H37N3O6S2/c1-7-19-8-13-24(29-16-14-20(15-17-29)25(30)35-26(2,3)4)23(18-19)27-36(31,32)21-9-11-22(12-10-21)37(33,34)28(5)6/h8-13,18,20,27H,7,14-17H2,1-6H3. The van der Waals surface area contributed by atoms with Gasteiger partial charge in [-0.1, -0.05) is 13.0 Å². The summed E-state index contributed by atoms with van der Waals surface area (Å²) in [5.74, 6) is -0.392. The number of sulfonamides is 2. The highest BCUT2D eigenvalue weighted by molar-refractivity contribution is 7.92. The van der Waals surface area contributed by atoms with E-state index < -0.39 is 25.6 Å². The molecule has 0 bridgehead atoms. The lowest BCUT2D eigenvalue weighted by Gasteiger charge is -2.35. The average molecular weight is 552 g/mol. The van der Waals surface area contributed by atoms with Gasteiger partial charge in [0.25, 0.3) is 10.0 Å². The van der Waals surface area contributed by atoms with E-state index in [2.05, 4.69) is 9.62 Å². The molecule has 204 valence electrons. The first kappa shape index (κ1) is 28.9. The van der Waals surface area contributed by atoms with Crippen molar-refractivity contribution in [3.8, 4) is 0 Å². The van der Waals surface area contributed by atoms with E-state index in [0.29, 0.717) is 31.6 Å². The summed E-state index contributed by atoms with van der Waals surface area (Å²) < 4.78 is 60.5. The number of benzene rings is 2. The number of ether oxygens (including phenoxy) is 1. The van der Waals surface area contributed by atoms with Crippen LogP contribution in [0.15, 0.2) is 52.3 Å². The number of hydrogen-bond donors (Lipinski definition) is 1. The highest BCUT2D eigenvalue weighted by atomic mass is 32.2. The first-order chi connectivity index (χ1) is 17.1. The number of rotatable bonds is 8. The third kappa shape index (κ3) is 7.03. The summed E-state index contributed by atoms with van der Waals surface area (Å²) >= 11 is 0. The van der Waals surface area contributed by atoms with E-state index in [9.17, 15) is 21.6 Å². The molecular formula is C26H37N3O6S2. The van der Waals surface area contributed by atoms with E-state index >= 15 is 0 Å². The Morgan fingerprint density at radius 2 is 1.57 bits per heavy atom. The number of esters is 1. The third-order valence-corrected chi connectivity index (χ3v) is 9.41. The summed E-state index contributed by atoms with van der Waals surface area (Å²) in [6.07, 6.45) is 1.95. The number of aryl methyl sites for hydroxylation is 1. The van der Waals surface area contributed by atoms with E-state index in [1.54, 1.807) is 0 Å². The molecule has 37 heavy (non-hydrogen) atoms. The molecule has 11 heteroatoms. The molecule has 0 saturated carbocycles. The highest BCUT2D eigenvalue weighted by Crippen LogP contribution is 2.33. The topological polar surface area (TPSA) is 113 Å². The van der Waals surface area contributed by atoms with Crippen LogP contribution in [-0.4, -0.2) is 59.9 Å². The van der Waals surface area contributed by atoms with Gasteiger partial charge in [0, 0.05) is 27.2 Å². The van der Waals surface area contributed by atoms with Gasteiger partial charge < -0.3 is 9.64 Å². The number of carbonyl (C=O) groups excluding carboxylic acids is 1. The number of nitrogens with zero attached hydrogens (tertiary/aromatic N) is 2. The van der Waals surface area contributed by atoms with Gasteiger partial charge in [0.2, 0.25) is 10.0 Å². The highest BCUT2D eigenvalue weighted by Gasteiger charge is 2.30. The predicted molar refractivity (Wildman–Crippen MR) is 145 cm³/mol. The molecule has 1 heterocycles. The Morgan fingerprint density at radius 1 is 1.00 bits per heavy atom. The van der Waals surface area contributed by atoms with Crippen molar-refractivity contribution in [1.29, 1.82) is 0 Å². The monoisotopic (exact) mass is 551 g/mol. The van der Waals surface area contributed by atoms with Crippen molar-refractivity contribution >= 4 is 37.4 Å². The van der Waals surface area contributed by atoms with Gasteiger partial charge in [-0.2, -0.15) is 0 Å². The van der Waals surface area contributed by atoms with Gasteiger partial charge >= 0.3 is 5.97 Å². The molecular weight excluding hydrogens is 514 g/mol. The van der Waals surface area contributed by atoms with Crippen LogP contribution < -0.4 is 9.62 Å². The van der Waals surface area contributed by atoms with Crippen LogP contribution in [0.5, 0.6) is 0 Å². The van der Waals surface area contributed by atoms with Crippen LogP contribution in [0.1, 0.15) is 46.1 Å². The molecule has 1 fully saturated rings. The Labute approximate surface area is 220 Å². The van der Waals surface area contributed by atoms with Crippen LogP contribution in [0.2, 0.25) is 0 Å². The molecule has 2 aromatic rings. The van der Waals surface area contributed by atoms with Crippen molar-refractivity contribution in [2.24, 2.45) is 5.92 Å². The molecule has 3 rings (SSSR count). The minimum atomic E-state index is -3.99. The average Bonchev–Trinajstić information content (AvgIpc) is 2.82. The molecule has 0 spiro atoms. The summed E-state index contributed by atoms with van der Waals surface area (Å²) in [7, 11) is -4.82. The molecule has 0 aromatic heterocycles. The van der Waals surface area contributed by atoms with Gasteiger partial charge in [-0.25, -0.2) is 21.1 Å². The zero-order valence-corrected chi connectivity index (χ0v) is 23.9. The van der Waals surface area contributed by atoms with Crippen LogP contribution in [0, 0.1) is 5.92 Å². The van der Waals surface area contributed by atoms with Crippen LogP contribution in [0.25, 0.3) is 0 Å². The van der Waals surface area contributed by atoms with Gasteiger partial charge in [0.15, 0.2) is 0 Å². The molecule has 0 radical (unpaired) electrons. The van der Waals surface area contributed by atoms with Crippen LogP contribution >= 0.6 is 0 Å². The fourth-order valence-corrected chi connectivity index (χ4v) is 6.07. The Kier molecular flexibility index (Phi) is 8.60. The largest absolute Gasteiger partial charge is 0.460 e. The zero-order valence-electron chi connectivity index (χ0n) is 22.3. The maximum atomic E-state index is 13.3. The van der Waals surface area contributed by atoms with Crippen molar-refractivity contribution in [1.82, 2.24) is 4.31 Å². The van der Waals surface area contributed by atoms with Gasteiger partial charge in [-0.15, -0.1) is 0 Å². The minimum absolute atomic E-state index is 0.0120. The van der Waals surface area contributed by atoms with Crippen molar-refractivity contribution in [2.75, 3.05) is 36.8 Å². The Balaban J connectivity index is 1.82. The van der Waals surface area contributed by atoms with Crippen molar-refractivity contribution < 1.29 is 26.4 Å². The van der Waals surface area contributed by atoms with E-state index in [1.165, 1.54) is 38.4 Å². The third-order valence-electron chi connectivity index (χ3n) is 6.20. The number of nitrogens with one attached hydrogen (secondary N) is 1. The van der Waals surface area contributed by atoms with Gasteiger partial charge in [0.05, 0.1) is 27.1 Å². The van der Waals surface area contributed by atoms with Crippen molar-refractivity contribution in [3.05, 3.63) is 48.0 Å². The number of hydrogen-bond acceptors (Lipinski definition) is 7. The van der Waals surface area contributed by atoms with Gasteiger partial charge in [-0.3, -0.25) is 9.52 Å². The Hall–Kier alpha value is -2.63. The maximum Gasteiger partial charge on any atom is 0.309 e. The maximum absolute atomic E-state index is 13.3. The summed E-state index contributed by atoms with van der Waals surface area (Å²) in [4.78, 5) is 14.5. The molecule has 0 amide bonds. The summed E-state index contributed by atoms with van der Waals surface area (Å²) in [5.41, 5.74) is 1.61. The second-order valence-electron chi connectivity index (χ2n) is 10.4. The molecule has 1 aliphatic rings. The van der Waals surface area contributed by atoms with E-state index in [1.807, 2.05) is 45.9 Å². The lowest BCUT2D eigenvalue weighted by atomic mass is 9.96. The SMILES string of the molecule is CCc1ccc(N2CCC(C(=O)OC(C)(C)C)CC2)c(NS(=O)(=O)c2ccc(S(=O)(=O)N(C)C)cc2)c1. The molecule has 1 N–H and O–H groups in total. The van der Waals surface area contributed by atoms with Gasteiger partial charge in [0.1, 0.15) is 5.60 Å². The number of anilines is 2. The number of carbonyl (C=O) groups is 1. The lowest BCUT2D eigenvalue weighted by molar-refractivity contribution is -0.160. The Morgan fingerprint density at radius 3 is 2.08 bits per heavy atom. The summed E-state index contributed by atoms with van der Waals surface area (Å²) in [6, 6.07) is 10.8. The minimum Gasteiger partial charge on any atom is -0.460 e. The van der Waals surface area contributed by atoms with E-state index in [0.717, 1.165) is 22.0 Å². The quantitative estimate of drug-likeness (QED) is 0.496. The van der Waals surface area contributed by atoms with Crippen LogP contribution in [0.4, 0.5) is 11.4 Å². The van der Waals surface area contributed by atoms with Gasteiger partial charge in [-0.05, 0) is 82.0 Å². The second-order valence-corrected chi connectivity index (χ2v) is 14.2. The fraction of sp³-hybridized carbons (Fsp3) is 0.500. The van der Waals surface area contributed by atoms with E-state index in [4.69, 9.17) is 4.74 Å². The zero-order chi connectivity index (χ0) is 27.6. The van der Waals surface area contributed by atoms with Crippen LogP contribution in [0.3, 0.4) is 0 Å². The Bertz CT molecular complexity index is 1320. The summed E-state index contributed by atoms with van der Waals surface area (Å²) in [6.45, 7) is 8.71. The smallest absolute Gasteiger partial charge is 0.309 e. The molecule has 9 nitrogen and oxygen atoms in total. The molecule has 1 saturated heterocycles. The first-order valence-corrected chi connectivity index (χ1v) is 15.2. The van der Waals surface area contributed by atoms with Crippen LogP contribution in [-0.2, 0) is 36.0 Å². The van der Waals surface area contributed by atoms with Crippen molar-refractivity contribution in [3.63, 3.8) is 0 Å². The molecule has 2 aromatic carbocycles. The first-order valence-electron chi connectivity index (χ1n) is 12.3. The molecule has 0 atom stereocenters. The lowest BCUT2D eigenvalue weighted by Crippen LogP contribution is -2.39.